The van der Waals surface area contributed by atoms with Crippen molar-refractivity contribution >= 4 is 0 Å². The van der Waals surface area contributed by atoms with Crippen LogP contribution in [0.2, 0.25) is 0 Å². The highest BCUT2D eigenvalue weighted by Gasteiger charge is 1.99. The Balaban J connectivity index is 2.23. The van der Waals surface area contributed by atoms with E-state index < -0.39 is 0 Å². The zero-order chi connectivity index (χ0) is 10.4. The molecule has 0 bridgehead atoms. The zero-order valence-electron chi connectivity index (χ0n) is 9.32. The highest BCUT2D eigenvalue weighted by molar-refractivity contribution is 4.88. The van der Waals surface area contributed by atoms with Crippen LogP contribution in [-0.4, -0.2) is 48.2 Å². The molecule has 1 N–H and O–H groups in total. The van der Waals surface area contributed by atoms with E-state index in [1.807, 2.05) is 26.4 Å². The fraction of sp³-hybridized carbons (Fsp3) is 0.700. The number of hydrogen-bond acceptors (Lipinski definition) is 3. The summed E-state index contributed by atoms with van der Waals surface area (Å²) < 4.78 is 2.18. The van der Waals surface area contributed by atoms with Crippen LogP contribution in [0.1, 0.15) is 5.82 Å². The maximum absolute atomic E-state index is 4.19. The first-order chi connectivity index (χ1) is 6.74. The van der Waals surface area contributed by atoms with Crippen LogP contribution < -0.4 is 5.32 Å². The van der Waals surface area contributed by atoms with Gasteiger partial charge in [-0.2, -0.15) is 0 Å². The van der Waals surface area contributed by atoms with Crippen molar-refractivity contribution in [2.24, 2.45) is 0 Å². The smallest absolute Gasteiger partial charge is 0.105 e. The van der Waals surface area contributed by atoms with Crippen LogP contribution in [0.15, 0.2) is 12.4 Å². The van der Waals surface area contributed by atoms with E-state index in [4.69, 9.17) is 0 Å². The molecule has 1 aromatic heterocycles. The topological polar surface area (TPSA) is 33.1 Å². The molecule has 0 unspecified atom stereocenters. The van der Waals surface area contributed by atoms with Gasteiger partial charge in [-0.15, -0.1) is 0 Å². The standard InChI is InChI=1S/C10H20N4/c1-10-12-5-7-14(10)9-8-13(3)6-4-11-2/h5,7,11H,4,6,8-9H2,1-3H3. The van der Waals surface area contributed by atoms with Crippen molar-refractivity contribution in [2.45, 2.75) is 13.5 Å². The van der Waals surface area contributed by atoms with Crippen molar-refractivity contribution in [1.29, 1.82) is 0 Å². The molecule has 0 atom stereocenters. The fourth-order valence-corrected chi connectivity index (χ4v) is 1.33. The third-order valence-corrected chi connectivity index (χ3v) is 2.39. The first kappa shape index (κ1) is 11.2. The third-order valence-electron chi connectivity index (χ3n) is 2.39. The van der Waals surface area contributed by atoms with E-state index in [2.05, 4.69) is 26.8 Å². The number of likely N-dealkylation sites (N-methyl/N-ethyl adjacent to an activating group) is 2. The summed E-state index contributed by atoms with van der Waals surface area (Å²) in [7, 11) is 4.12. The fourth-order valence-electron chi connectivity index (χ4n) is 1.33. The van der Waals surface area contributed by atoms with Gasteiger partial charge in [-0.3, -0.25) is 0 Å². The molecule has 0 amide bonds. The monoisotopic (exact) mass is 196 g/mol. The molecule has 1 aromatic rings. The number of nitrogens with zero attached hydrogens (tertiary/aromatic N) is 3. The largest absolute Gasteiger partial charge is 0.334 e. The Morgan fingerprint density at radius 1 is 1.50 bits per heavy atom. The normalized spacial score (nSPS) is 11.1. The van der Waals surface area contributed by atoms with Gasteiger partial charge in [0.2, 0.25) is 0 Å². The first-order valence-corrected chi connectivity index (χ1v) is 5.05. The van der Waals surface area contributed by atoms with Gasteiger partial charge < -0.3 is 14.8 Å². The second-order valence-electron chi connectivity index (χ2n) is 3.57. The molecule has 0 saturated carbocycles. The van der Waals surface area contributed by atoms with E-state index in [-0.39, 0.29) is 0 Å². The summed E-state index contributed by atoms with van der Waals surface area (Å²) >= 11 is 0. The van der Waals surface area contributed by atoms with Crippen molar-refractivity contribution in [2.75, 3.05) is 33.7 Å². The molecule has 0 aliphatic carbocycles. The molecule has 4 heteroatoms. The van der Waals surface area contributed by atoms with Gasteiger partial charge >= 0.3 is 0 Å². The SMILES string of the molecule is CNCCN(C)CCn1ccnc1C. The molecule has 0 aliphatic rings. The number of aromatic nitrogens is 2. The Morgan fingerprint density at radius 3 is 2.86 bits per heavy atom. The molecule has 1 rings (SSSR count). The van der Waals surface area contributed by atoms with E-state index in [1.165, 1.54) is 0 Å². The van der Waals surface area contributed by atoms with Gasteiger partial charge in [-0.25, -0.2) is 4.98 Å². The second-order valence-corrected chi connectivity index (χ2v) is 3.57. The van der Waals surface area contributed by atoms with Gasteiger partial charge in [0.15, 0.2) is 0 Å². The lowest BCUT2D eigenvalue weighted by molar-refractivity contribution is 0.319. The molecular formula is C10H20N4. The lowest BCUT2D eigenvalue weighted by Crippen LogP contribution is -2.30. The van der Waals surface area contributed by atoms with E-state index in [1.54, 1.807) is 0 Å². The van der Waals surface area contributed by atoms with Crippen LogP contribution in [-0.2, 0) is 6.54 Å². The van der Waals surface area contributed by atoms with Crippen LogP contribution >= 0.6 is 0 Å². The summed E-state index contributed by atoms with van der Waals surface area (Å²) in [5, 5.41) is 3.14. The Bertz CT molecular complexity index is 256. The minimum Gasteiger partial charge on any atom is -0.334 e. The van der Waals surface area contributed by atoms with Crippen LogP contribution in [0, 0.1) is 6.92 Å². The molecule has 4 nitrogen and oxygen atoms in total. The number of imidazole rings is 1. The molecule has 1 heterocycles. The maximum atomic E-state index is 4.19. The van der Waals surface area contributed by atoms with Gasteiger partial charge in [0.25, 0.3) is 0 Å². The molecule has 0 aromatic carbocycles. The number of nitrogens with one attached hydrogen (secondary N) is 1. The summed E-state index contributed by atoms with van der Waals surface area (Å²) in [5.74, 6) is 1.09. The Morgan fingerprint density at radius 2 is 2.29 bits per heavy atom. The Labute approximate surface area is 85.9 Å². The predicted molar refractivity (Wildman–Crippen MR) is 58.4 cm³/mol. The van der Waals surface area contributed by atoms with Gasteiger partial charge in [-0.05, 0) is 21.0 Å². The van der Waals surface area contributed by atoms with Crippen molar-refractivity contribution in [1.82, 2.24) is 19.8 Å². The van der Waals surface area contributed by atoms with Crippen molar-refractivity contribution in [3.63, 3.8) is 0 Å². The van der Waals surface area contributed by atoms with Crippen LogP contribution in [0.25, 0.3) is 0 Å². The summed E-state index contributed by atoms with van der Waals surface area (Å²) in [4.78, 5) is 6.50. The quantitative estimate of drug-likeness (QED) is 0.712. The highest BCUT2D eigenvalue weighted by atomic mass is 15.1. The van der Waals surface area contributed by atoms with Gasteiger partial charge in [0, 0.05) is 38.6 Å². The van der Waals surface area contributed by atoms with E-state index in [0.29, 0.717) is 0 Å². The summed E-state index contributed by atoms with van der Waals surface area (Å²) in [6, 6.07) is 0. The van der Waals surface area contributed by atoms with E-state index in [0.717, 1.165) is 32.0 Å². The zero-order valence-corrected chi connectivity index (χ0v) is 9.32. The molecule has 0 saturated heterocycles. The molecular weight excluding hydrogens is 176 g/mol. The predicted octanol–water partition coefficient (Wildman–Crippen LogP) is 0.343. The lowest BCUT2D eigenvalue weighted by atomic mass is 10.5. The highest BCUT2D eigenvalue weighted by Crippen LogP contribution is 1.95. The third kappa shape index (κ3) is 3.47. The number of hydrogen-bond donors (Lipinski definition) is 1. The summed E-state index contributed by atoms with van der Waals surface area (Å²) in [6.07, 6.45) is 3.88. The number of aryl methyl sites for hydroxylation is 1. The number of rotatable bonds is 6. The molecule has 0 radical (unpaired) electrons. The maximum Gasteiger partial charge on any atom is 0.105 e. The van der Waals surface area contributed by atoms with E-state index in [9.17, 15) is 0 Å². The van der Waals surface area contributed by atoms with E-state index >= 15 is 0 Å². The molecule has 0 aliphatic heterocycles. The average Bonchev–Trinajstić information content (AvgIpc) is 2.58. The van der Waals surface area contributed by atoms with Crippen LogP contribution in [0.4, 0.5) is 0 Å². The molecule has 14 heavy (non-hydrogen) atoms. The van der Waals surface area contributed by atoms with Gasteiger partial charge in [0.1, 0.15) is 5.82 Å². The van der Waals surface area contributed by atoms with Crippen LogP contribution in [0.3, 0.4) is 0 Å². The van der Waals surface area contributed by atoms with Gasteiger partial charge in [-0.1, -0.05) is 0 Å². The second kappa shape index (κ2) is 5.78. The molecule has 80 valence electrons. The Hall–Kier alpha value is -0.870. The van der Waals surface area contributed by atoms with Crippen molar-refractivity contribution in [3.05, 3.63) is 18.2 Å². The minimum absolute atomic E-state index is 1.02. The minimum atomic E-state index is 1.02. The molecule has 0 fully saturated rings. The summed E-state index contributed by atoms with van der Waals surface area (Å²) in [6.45, 7) is 6.25. The van der Waals surface area contributed by atoms with Crippen molar-refractivity contribution in [3.8, 4) is 0 Å². The molecule has 0 spiro atoms. The van der Waals surface area contributed by atoms with Crippen molar-refractivity contribution < 1.29 is 0 Å². The average molecular weight is 196 g/mol. The Kier molecular flexibility index (Phi) is 4.62. The van der Waals surface area contributed by atoms with Crippen LogP contribution in [0.5, 0.6) is 0 Å². The van der Waals surface area contributed by atoms with Gasteiger partial charge in [0.05, 0.1) is 0 Å². The first-order valence-electron chi connectivity index (χ1n) is 5.05. The lowest BCUT2D eigenvalue weighted by Gasteiger charge is -2.16. The summed E-state index contributed by atoms with van der Waals surface area (Å²) in [5.41, 5.74) is 0.